The van der Waals surface area contributed by atoms with Crippen LogP contribution in [0.25, 0.3) is 0 Å². The number of ether oxygens (including phenoxy) is 2. The quantitative estimate of drug-likeness (QED) is 0.827. The lowest BCUT2D eigenvalue weighted by molar-refractivity contribution is -0.146. The molecule has 1 heterocycles. The first-order valence-electron chi connectivity index (χ1n) is 7.31. The van der Waals surface area contributed by atoms with Gasteiger partial charge in [0.2, 0.25) is 0 Å². The predicted molar refractivity (Wildman–Crippen MR) is 80.8 cm³/mol. The number of hydrogen-bond donors (Lipinski definition) is 2. The fourth-order valence-corrected chi connectivity index (χ4v) is 2.62. The molecular weight excluding hydrogens is 268 g/mol. The third kappa shape index (κ3) is 4.03. The zero-order valence-electron chi connectivity index (χ0n) is 12.8. The van der Waals surface area contributed by atoms with Gasteiger partial charge in [-0.05, 0) is 37.1 Å². The van der Waals surface area contributed by atoms with Crippen LogP contribution in [0.15, 0.2) is 24.3 Å². The van der Waals surface area contributed by atoms with E-state index in [2.05, 4.69) is 10.6 Å². The van der Waals surface area contributed by atoms with Crippen molar-refractivity contribution in [2.75, 3.05) is 27.3 Å². The zero-order valence-corrected chi connectivity index (χ0v) is 12.8. The summed E-state index contributed by atoms with van der Waals surface area (Å²) in [5.41, 5.74) is 1.52. The summed E-state index contributed by atoms with van der Waals surface area (Å²) in [5, 5.41) is 6.24. The maximum atomic E-state index is 12.4. The summed E-state index contributed by atoms with van der Waals surface area (Å²) in [6.07, 6.45) is 1.42. The molecule has 116 valence electrons. The third-order valence-corrected chi connectivity index (χ3v) is 4.00. The average Bonchev–Trinajstić information content (AvgIpc) is 2.55. The summed E-state index contributed by atoms with van der Waals surface area (Å²) in [6.45, 7) is 2.75. The molecule has 0 saturated carbocycles. The van der Waals surface area contributed by atoms with E-state index < -0.39 is 5.60 Å². The molecule has 21 heavy (non-hydrogen) atoms. The number of carbonyl (C=O) groups is 1. The van der Waals surface area contributed by atoms with Crippen molar-refractivity contribution >= 4 is 5.91 Å². The highest BCUT2D eigenvalue weighted by atomic mass is 16.5. The van der Waals surface area contributed by atoms with Crippen molar-refractivity contribution in [1.29, 1.82) is 0 Å². The van der Waals surface area contributed by atoms with Crippen LogP contribution in [0.5, 0.6) is 0 Å². The lowest BCUT2D eigenvalue weighted by Crippen LogP contribution is -2.53. The Labute approximate surface area is 126 Å². The highest BCUT2D eigenvalue weighted by Gasteiger charge is 2.39. The van der Waals surface area contributed by atoms with Crippen LogP contribution in [0, 0.1) is 0 Å². The van der Waals surface area contributed by atoms with Gasteiger partial charge in [-0.15, -0.1) is 0 Å². The van der Waals surface area contributed by atoms with Gasteiger partial charge in [0, 0.05) is 20.8 Å². The second kappa shape index (κ2) is 7.54. The number of rotatable bonds is 6. The molecule has 1 aromatic rings. The van der Waals surface area contributed by atoms with Gasteiger partial charge in [-0.3, -0.25) is 4.79 Å². The third-order valence-electron chi connectivity index (χ3n) is 4.00. The van der Waals surface area contributed by atoms with E-state index in [-0.39, 0.29) is 5.91 Å². The molecule has 0 spiro atoms. The molecule has 1 fully saturated rings. The van der Waals surface area contributed by atoms with Crippen LogP contribution < -0.4 is 10.6 Å². The van der Waals surface area contributed by atoms with Crippen molar-refractivity contribution in [2.45, 2.75) is 31.6 Å². The highest BCUT2D eigenvalue weighted by molar-refractivity contribution is 5.85. The lowest BCUT2D eigenvalue weighted by Gasteiger charge is -2.34. The topological polar surface area (TPSA) is 59.6 Å². The van der Waals surface area contributed by atoms with Crippen molar-refractivity contribution < 1.29 is 14.3 Å². The van der Waals surface area contributed by atoms with Gasteiger partial charge >= 0.3 is 0 Å². The molecule has 0 aliphatic carbocycles. The van der Waals surface area contributed by atoms with Crippen LogP contribution >= 0.6 is 0 Å². The van der Waals surface area contributed by atoms with E-state index in [0.717, 1.165) is 24.2 Å². The second-order valence-electron chi connectivity index (χ2n) is 5.38. The molecule has 1 aliphatic heterocycles. The van der Waals surface area contributed by atoms with E-state index in [1.807, 2.05) is 24.3 Å². The molecule has 1 saturated heterocycles. The average molecular weight is 292 g/mol. The summed E-state index contributed by atoms with van der Waals surface area (Å²) in [7, 11) is 3.29. The Kier molecular flexibility index (Phi) is 5.73. The largest absolute Gasteiger partial charge is 0.380 e. The van der Waals surface area contributed by atoms with Crippen LogP contribution in [-0.4, -0.2) is 38.8 Å². The first-order valence-corrected chi connectivity index (χ1v) is 7.31. The SMILES string of the molecule is COCc1ccc(CNC(=O)C2(OC)CCNCC2)cc1. The van der Waals surface area contributed by atoms with Crippen molar-refractivity contribution in [3.8, 4) is 0 Å². The lowest BCUT2D eigenvalue weighted by atomic mass is 9.91. The summed E-state index contributed by atoms with van der Waals surface area (Å²) < 4.78 is 10.6. The minimum Gasteiger partial charge on any atom is -0.380 e. The normalized spacial score (nSPS) is 17.4. The standard InChI is InChI=1S/C16H24N2O3/c1-20-12-14-5-3-13(4-6-14)11-18-15(19)16(21-2)7-9-17-10-8-16/h3-6,17H,7-12H2,1-2H3,(H,18,19). The number of piperidine rings is 1. The van der Waals surface area contributed by atoms with Gasteiger partial charge in [-0.1, -0.05) is 24.3 Å². The predicted octanol–water partition coefficient (Wildman–Crippen LogP) is 1.22. The Hall–Kier alpha value is -1.43. The molecule has 5 heteroatoms. The van der Waals surface area contributed by atoms with Gasteiger partial charge in [0.15, 0.2) is 0 Å². The molecule has 0 radical (unpaired) electrons. The molecule has 5 nitrogen and oxygen atoms in total. The summed E-state index contributed by atoms with van der Waals surface area (Å²) >= 11 is 0. The molecule has 1 aromatic carbocycles. The van der Waals surface area contributed by atoms with Gasteiger partial charge in [-0.2, -0.15) is 0 Å². The smallest absolute Gasteiger partial charge is 0.252 e. The van der Waals surface area contributed by atoms with E-state index in [9.17, 15) is 4.79 Å². The Morgan fingerprint density at radius 1 is 1.19 bits per heavy atom. The molecule has 0 bridgehead atoms. The van der Waals surface area contributed by atoms with Gasteiger partial charge in [0.25, 0.3) is 5.91 Å². The van der Waals surface area contributed by atoms with Crippen LogP contribution in [0.1, 0.15) is 24.0 Å². The van der Waals surface area contributed by atoms with E-state index in [0.29, 0.717) is 26.0 Å². The number of hydrogen-bond acceptors (Lipinski definition) is 4. The fraction of sp³-hybridized carbons (Fsp3) is 0.562. The Balaban J connectivity index is 1.90. The Bertz CT molecular complexity index is 453. The second-order valence-corrected chi connectivity index (χ2v) is 5.38. The number of methoxy groups -OCH3 is 2. The summed E-state index contributed by atoms with van der Waals surface area (Å²) in [5.74, 6) is -0.0209. The first kappa shape index (κ1) is 15.9. The van der Waals surface area contributed by atoms with Crippen molar-refractivity contribution in [2.24, 2.45) is 0 Å². The van der Waals surface area contributed by atoms with Crippen molar-refractivity contribution in [3.05, 3.63) is 35.4 Å². The Morgan fingerprint density at radius 3 is 2.38 bits per heavy atom. The van der Waals surface area contributed by atoms with Gasteiger partial charge in [0.1, 0.15) is 5.60 Å². The number of carbonyl (C=O) groups excluding carboxylic acids is 1. The van der Waals surface area contributed by atoms with Crippen LogP contribution in [0.3, 0.4) is 0 Å². The Morgan fingerprint density at radius 2 is 1.81 bits per heavy atom. The van der Waals surface area contributed by atoms with E-state index in [4.69, 9.17) is 9.47 Å². The molecule has 1 aliphatic rings. The fourth-order valence-electron chi connectivity index (χ4n) is 2.62. The van der Waals surface area contributed by atoms with Gasteiger partial charge < -0.3 is 20.1 Å². The van der Waals surface area contributed by atoms with Crippen LogP contribution in [0.4, 0.5) is 0 Å². The van der Waals surface area contributed by atoms with Crippen LogP contribution in [-0.2, 0) is 27.4 Å². The highest BCUT2D eigenvalue weighted by Crippen LogP contribution is 2.22. The minimum absolute atomic E-state index is 0.0209. The minimum atomic E-state index is -0.679. The summed E-state index contributed by atoms with van der Waals surface area (Å²) in [6, 6.07) is 8.05. The molecule has 0 unspecified atom stereocenters. The molecule has 1 amide bonds. The maximum absolute atomic E-state index is 12.4. The van der Waals surface area contributed by atoms with Crippen molar-refractivity contribution in [1.82, 2.24) is 10.6 Å². The molecule has 0 aromatic heterocycles. The molecule has 2 rings (SSSR count). The number of nitrogens with one attached hydrogen (secondary N) is 2. The van der Waals surface area contributed by atoms with E-state index in [1.165, 1.54) is 0 Å². The number of amides is 1. The van der Waals surface area contributed by atoms with Gasteiger partial charge in [0.05, 0.1) is 6.61 Å². The molecule has 0 atom stereocenters. The molecular formula is C16H24N2O3. The first-order chi connectivity index (χ1) is 10.2. The van der Waals surface area contributed by atoms with Gasteiger partial charge in [-0.25, -0.2) is 0 Å². The van der Waals surface area contributed by atoms with Crippen molar-refractivity contribution in [3.63, 3.8) is 0 Å². The number of benzene rings is 1. The maximum Gasteiger partial charge on any atom is 0.252 e. The van der Waals surface area contributed by atoms with Crippen LogP contribution in [0.2, 0.25) is 0 Å². The molecule has 2 N–H and O–H groups in total. The zero-order chi connectivity index (χ0) is 15.1. The summed E-state index contributed by atoms with van der Waals surface area (Å²) in [4.78, 5) is 12.4. The van der Waals surface area contributed by atoms with E-state index >= 15 is 0 Å². The monoisotopic (exact) mass is 292 g/mol. The van der Waals surface area contributed by atoms with E-state index in [1.54, 1.807) is 14.2 Å².